The molecule has 2 heterocycles. The van der Waals surface area contributed by atoms with E-state index in [2.05, 4.69) is 25.9 Å². The minimum absolute atomic E-state index is 0.0592. The number of carbonyl (C=O) groups is 3. The van der Waals surface area contributed by atoms with Crippen LogP contribution in [0.25, 0.3) is 5.69 Å². The summed E-state index contributed by atoms with van der Waals surface area (Å²) in [6.07, 6.45) is 2.42. The van der Waals surface area contributed by atoms with Gasteiger partial charge in [0, 0.05) is 24.2 Å². The molecule has 0 unspecified atom stereocenters. The fourth-order valence-corrected chi connectivity index (χ4v) is 3.91. The SMILES string of the molecule is O=C(O)C[C@@H](C(=O)N1N=CC[C@H]1C(=O)NCc1cc(Cl)ccc1-n1cnnn1)c1ccc(F)cc1. The zero-order valence-corrected chi connectivity index (χ0v) is 18.8. The molecule has 0 bridgehead atoms. The Labute approximate surface area is 203 Å². The number of amides is 2. The molecule has 1 aliphatic heterocycles. The summed E-state index contributed by atoms with van der Waals surface area (Å²) in [6.45, 7) is 0.0592. The van der Waals surface area contributed by atoms with Gasteiger partial charge in [-0.05, 0) is 51.9 Å². The Morgan fingerprint density at radius 2 is 1.97 bits per heavy atom. The van der Waals surface area contributed by atoms with Crippen LogP contribution in [0, 0.1) is 5.82 Å². The Kier molecular flexibility index (Phi) is 7.11. The third kappa shape index (κ3) is 5.49. The lowest BCUT2D eigenvalue weighted by molar-refractivity contribution is -0.144. The fourth-order valence-electron chi connectivity index (χ4n) is 3.71. The lowest BCUT2D eigenvalue weighted by atomic mass is 9.94. The van der Waals surface area contributed by atoms with Gasteiger partial charge in [-0.2, -0.15) is 5.10 Å². The second-order valence-electron chi connectivity index (χ2n) is 7.68. The normalized spacial score (nSPS) is 15.7. The maximum absolute atomic E-state index is 13.3. The third-order valence-electron chi connectivity index (χ3n) is 5.40. The number of hydrogen-bond donors (Lipinski definition) is 2. The van der Waals surface area contributed by atoms with Crippen molar-refractivity contribution in [1.29, 1.82) is 0 Å². The molecule has 13 heteroatoms. The number of hydrogen-bond acceptors (Lipinski definition) is 7. The van der Waals surface area contributed by atoms with Crippen LogP contribution in [0.5, 0.6) is 0 Å². The van der Waals surface area contributed by atoms with Crippen LogP contribution in [-0.4, -0.2) is 60.4 Å². The van der Waals surface area contributed by atoms with Gasteiger partial charge in [-0.1, -0.05) is 23.7 Å². The molecule has 0 radical (unpaired) electrons. The lowest BCUT2D eigenvalue weighted by Crippen LogP contribution is -2.46. The first kappa shape index (κ1) is 24.0. The van der Waals surface area contributed by atoms with Crippen LogP contribution < -0.4 is 5.32 Å². The number of rotatable bonds is 8. The first-order chi connectivity index (χ1) is 16.8. The van der Waals surface area contributed by atoms with Gasteiger partial charge in [0.05, 0.1) is 18.0 Å². The second kappa shape index (κ2) is 10.4. The van der Waals surface area contributed by atoms with Crippen LogP contribution in [0.4, 0.5) is 4.39 Å². The molecule has 3 aromatic rings. The topological polar surface area (TPSA) is 143 Å². The van der Waals surface area contributed by atoms with Crippen molar-refractivity contribution >= 4 is 35.6 Å². The van der Waals surface area contributed by atoms with E-state index in [9.17, 15) is 23.9 Å². The van der Waals surface area contributed by atoms with E-state index in [4.69, 9.17) is 11.6 Å². The van der Waals surface area contributed by atoms with Crippen molar-refractivity contribution in [2.75, 3.05) is 0 Å². The smallest absolute Gasteiger partial charge is 0.304 e. The predicted octanol–water partition coefficient (Wildman–Crippen LogP) is 1.92. The molecule has 35 heavy (non-hydrogen) atoms. The molecule has 0 spiro atoms. The number of benzene rings is 2. The van der Waals surface area contributed by atoms with Crippen molar-refractivity contribution in [3.8, 4) is 5.69 Å². The Morgan fingerprint density at radius 3 is 2.66 bits per heavy atom. The fraction of sp³-hybridized carbons (Fsp3) is 0.227. The molecule has 0 fully saturated rings. The minimum Gasteiger partial charge on any atom is -0.481 e. The summed E-state index contributed by atoms with van der Waals surface area (Å²) in [5.41, 5.74) is 1.54. The van der Waals surface area contributed by atoms with Crippen molar-refractivity contribution in [2.24, 2.45) is 5.10 Å². The highest BCUT2D eigenvalue weighted by Gasteiger charge is 2.37. The standard InChI is InChI=1S/C22H19ClFN7O4/c23-15-3-6-18(30-12-26-28-29-30)14(9-15)11-25-21(34)19-7-8-27-31(19)22(35)17(10-20(32)33)13-1-4-16(24)5-2-13/h1-6,8-9,12,17,19H,7,10-11H2,(H,25,34)(H,32,33)/t17-,19+/m1/s1. The van der Waals surface area contributed by atoms with E-state index >= 15 is 0 Å². The van der Waals surface area contributed by atoms with E-state index in [1.54, 1.807) is 18.2 Å². The van der Waals surface area contributed by atoms with Crippen molar-refractivity contribution < 1.29 is 23.9 Å². The molecule has 0 saturated carbocycles. The molecule has 2 amide bonds. The number of tetrazole rings is 1. The van der Waals surface area contributed by atoms with Gasteiger partial charge in [-0.25, -0.2) is 14.1 Å². The quantitative estimate of drug-likeness (QED) is 0.482. The summed E-state index contributed by atoms with van der Waals surface area (Å²) in [4.78, 5) is 37.7. The number of nitrogens with zero attached hydrogens (tertiary/aromatic N) is 6. The predicted molar refractivity (Wildman–Crippen MR) is 121 cm³/mol. The van der Waals surface area contributed by atoms with Gasteiger partial charge in [0.25, 0.3) is 5.91 Å². The van der Waals surface area contributed by atoms with Gasteiger partial charge in [0.2, 0.25) is 5.91 Å². The van der Waals surface area contributed by atoms with Gasteiger partial charge >= 0.3 is 5.97 Å². The van der Waals surface area contributed by atoms with Crippen LogP contribution in [-0.2, 0) is 20.9 Å². The Bertz CT molecular complexity index is 1270. The van der Waals surface area contributed by atoms with Gasteiger partial charge < -0.3 is 10.4 Å². The molecule has 0 aliphatic carbocycles. The molecule has 2 N–H and O–H groups in total. The van der Waals surface area contributed by atoms with Crippen molar-refractivity contribution in [3.05, 3.63) is 70.8 Å². The molecule has 2 atom stereocenters. The van der Waals surface area contributed by atoms with Gasteiger partial charge in [-0.3, -0.25) is 14.4 Å². The second-order valence-corrected chi connectivity index (χ2v) is 8.12. The number of aromatic nitrogens is 4. The number of carbonyl (C=O) groups excluding carboxylic acids is 2. The Hall–Kier alpha value is -4.19. The van der Waals surface area contributed by atoms with Gasteiger partial charge in [-0.15, -0.1) is 5.10 Å². The number of carboxylic acid groups (broad SMARTS) is 1. The van der Waals surface area contributed by atoms with Crippen molar-refractivity contribution in [1.82, 2.24) is 30.5 Å². The van der Waals surface area contributed by atoms with Crippen LogP contribution >= 0.6 is 11.6 Å². The Morgan fingerprint density at radius 1 is 1.20 bits per heavy atom. The molecule has 11 nitrogen and oxygen atoms in total. The molecule has 1 aliphatic rings. The molecule has 1 aromatic heterocycles. The van der Waals surface area contributed by atoms with Gasteiger partial charge in [0.15, 0.2) is 0 Å². The number of hydrazone groups is 1. The van der Waals surface area contributed by atoms with Crippen molar-refractivity contribution in [3.63, 3.8) is 0 Å². The zero-order chi connectivity index (χ0) is 24.9. The number of carboxylic acids is 1. The van der Waals surface area contributed by atoms with E-state index in [1.807, 2.05) is 0 Å². The monoisotopic (exact) mass is 499 g/mol. The first-order valence-electron chi connectivity index (χ1n) is 10.5. The minimum atomic E-state index is -1.21. The summed E-state index contributed by atoms with van der Waals surface area (Å²) >= 11 is 6.11. The average Bonchev–Trinajstić information content (AvgIpc) is 3.54. The molecular formula is C22H19ClFN7O4. The number of nitrogens with one attached hydrogen (secondary N) is 1. The molecule has 2 aromatic carbocycles. The molecule has 0 saturated heterocycles. The summed E-state index contributed by atoms with van der Waals surface area (Å²) in [5, 5.41) is 28.6. The summed E-state index contributed by atoms with van der Waals surface area (Å²) < 4.78 is 14.8. The largest absolute Gasteiger partial charge is 0.481 e. The zero-order valence-electron chi connectivity index (χ0n) is 18.1. The highest BCUT2D eigenvalue weighted by molar-refractivity contribution is 6.30. The van der Waals surface area contributed by atoms with Crippen LogP contribution in [0.1, 0.15) is 29.9 Å². The maximum atomic E-state index is 13.3. The van der Waals surface area contributed by atoms with E-state index in [-0.39, 0.29) is 13.0 Å². The van der Waals surface area contributed by atoms with Crippen LogP contribution in [0.15, 0.2) is 53.9 Å². The number of aliphatic carboxylic acids is 1. The van der Waals surface area contributed by atoms with Gasteiger partial charge in [0.1, 0.15) is 18.2 Å². The maximum Gasteiger partial charge on any atom is 0.304 e. The molecule has 4 rings (SSSR count). The van der Waals surface area contributed by atoms with Crippen molar-refractivity contribution in [2.45, 2.75) is 31.3 Å². The van der Waals surface area contributed by atoms with E-state index in [0.29, 0.717) is 21.8 Å². The van der Waals surface area contributed by atoms with E-state index in [0.717, 1.165) is 17.1 Å². The lowest BCUT2D eigenvalue weighted by Gasteiger charge is -2.25. The summed E-state index contributed by atoms with van der Waals surface area (Å²) in [6, 6.07) is 9.01. The number of halogens is 2. The van der Waals surface area contributed by atoms with Crippen LogP contribution in [0.2, 0.25) is 5.02 Å². The highest BCUT2D eigenvalue weighted by atomic mass is 35.5. The summed E-state index contributed by atoms with van der Waals surface area (Å²) in [7, 11) is 0. The van der Waals surface area contributed by atoms with E-state index in [1.165, 1.54) is 29.4 Å². The third-order valence-corrected chi connectivity index (χ3v) is 5.63. The van der Waals surface area contributed by atoms with E-state index < -0.39 is 42.0 Å². The van der Waals surface area contributed by atoms with Crippen LogP contribution in [0.3, 0.4) is 0 Å². The Balaban J connectivity index is 1.50. The molecule has 180 valence electrons. The average molecular weight is 500 g/mol. The summed E-state index contributed by atoms with van der Waals surface area (Å²) in [5.74, 6) is -4.04. The highest BCUT2D eigenvalue weighted by Crippen LogP contribution is 2.26. The first-order valence-corrected chi connectivity index (χ1v) is 10.8. The molecular weight excluding hydrogens is 481 g/mol.